The molecule has 0 saturated carbocycles. The quantitative estimate of drug-likeness (QED) is 0.786. The van der Waals surface area contributed by atoms with Gasteiger partial charge in [-0.25, -0.2) is 4.39 Å². The van der Waals surface area contributed by atoms with Crippen LogP contribution in [0.25, 0.3) is 0 Å². The number of nitriles is 1. The molecule has 0 heterocycles. The molecule has 0 spiro atoms. The van der Waals surface area contributed by atoms with Crippen molar-refractivity contribution in [3.05, 3.63) is 29.6 Å². The van der Waals surface area contributed by atoms with Crippen molar-refractivity contribution in [2.75, 3.05) is 25.6 Å². The van der Waals surface area contributed by atoms with E-state index in [-0.39, 0.29) is 18.2 Å². The highest BCUT2D eigenvalue weighted by molar-refractivity contribution is 5.48. The minimum absolute atomic E-state index is 0.00200. The second-order valence-electron chi connectivity index (χ2n) is 3.29. The van der Waals surface area contributed by atoms with Crippen LogP contribution in [0.15, 0.2) is 18.2 Å². The van der Waals surface area contributed by atoms with Crippen LogP contribution in [-0.4, -0.2) is 31.5 Å². The fraction of sp³-hybridized carbons (Fsp3) is 0.364. The van der Waals surface area contributed by atoms with Gasteiger partial charge in [0.25, 0.3) is 0 Å². The normalized spacial score (nSPS) is 11.9. The van der Waals surface area contributed by atoms with E-state index in [0.29, 0.717) is 12.3 Å². The summed E-state index contributed by atoms with van der Waals surface area (Å²) < 4.78 is 18.1. The van der Waals surface area contributed by atoms with E-state index in [4.69, 9.17) is 15.1 Å². The number of halogens is 1. The van der Waals surface area contributed by atoms with Gasteiger partial charge in [-0.15, -0.1) is 0 Å². The first-order valence-electron chi connectivity index (χ1n) is 4.77. The first kappa shape index (κ1) is 12.4. The fourth-order valence-electron chi connectivity index (χ4n) is 1.27. The highest BCUT2D eigenvalue weighted by atomic mass is 19.1. The van der Waals surface area contributed by atoms with Gasteiger partial charge in [0.05, 0.1) is 24.8 Å². The smallest absolute Gasteiger partial charge is 0.143 e. The van der Waals surface area contributed by atoms with Gasteiger partial charge in [0.1, 0.15) is 11.9 Å². The molecule has 86 valence electrons. The number of aliphatic hydroxyl groups excluding tert-OH is 1. The molecule has 0 aliphatic heterocycles. The lowest BCUT2D eigenvalue weighted by molar-refractivity contribution is 0.153. The van der Waals surface area contributed by atoms with Crippen molar-refractivity contribution in [3.8, 4) is 6.07 Å². The van der Waals surface area contributed by atoms with Gasteiger partial charge >= 0.3 is 0 Å². The third-order valence-electron chi connectivity index (χ3n) is 2.05. The molecular formula is C11H13FN2O2. The van der Waals surface area contributed by atoms with E-state index in [2.05, 4.69) is 5.32 Å². The predicted octanol–water partition coefficient (Wildman–Crippen LogP) is 1.12. The first-order valence-corrected chi connectivity index (χ1v) is 4.77. The highest BCUT2D eigenvalue weighted by Crippen LogP contribution is 2.14. The molecule has 1 atom stereocenters. The van der Waals surface area contributed by atoms with Crippen molar-refractivity contribution in [3.63, 3.8) is 0 Å². The second kappa shape index (κ2) is 6.05. The number of ether oxygens (including phenoxy) is 1. The highest BCUT2D eigenvalue weighted by Gasteiger charge is 2.08. The van der Waals surface area contributed by atoms with E-state index >= 15 is 0 Å². The molecule has 1 aromatic rings. The lowest BCUT2D eigenvalue weighted by Crippen LogP contribution is -2.28. The van der Waals surface area contributed by atoms with Gasteiger partial charge in [0, 0.05) is 12.8 Å². The zero-order chi connectivity index (χ0) is 12.0. The summed E-state index contributed by atoms with van der Waals surface area (Å²) in [6.07, 6.45) is 0. The lowest BCUT2D eigenvalue weighted by Gasteiger charge is -2.16. The number of hydrogen-bond donors (Lipinski definition) is 2. The van der Waals surface area contributed by atoms with Gasteiger partial charge in [-0.05, 0) is 18.2 Å². The van der Waals surface area contributed by atoms with E-state index in [1.54, 1.807) is 12.1 Å². The van der Waals surface area contributed by atoms with Gasteiger partial charge in [0.2, 0.25) is 0 Å². The molecule has 4 nitrogen and oxygen atoms in total. The molecule has 0 aliphatic rings. The third-order valence-corrected chi connectivity index (χ3v) is 2.05. The Bertz CT molecular complexity index is 390. The summed E-state index contributed by atoms with van der Waals surface area (Å²) >= 11 is 0. The largest absolute Gasteiger partial charge is 0.394 e. The van der Waals surface area contributed by atoms with E-state index in [9.17, 15) is 4.39 Å². The molecule has 1 rings (SSSR count). The minimum atomic E-state index is -0.582. The van der Waals surface area contributed by atoms with E-state index in [1.807, 2.05) is 0 Å². The lowest BCUT2D eigenvalue weighted by atomic mass is 10.2. The van der Waals surface area contributed by atoms with Crippen molar-refractivity contribution < 1.29 is 14.2 Å². The van der Waals surface area contributed by atoms with Crippen LogP contribution in [0.5, 0.6) is 0 Å². The summed E-state index contributed by atoms with van der Waals surface area (Å²) in [4.78, 5) is 0. The number of hydrogen-bond acceptors (Lipinski definition) is 4. The maximum Gasteiger partial charge on any atom is 0.143 e. The van der Waals surface area contributed by atoms with Crippen molar-refractivity contribution in [1.29, 1.82) is 5.26 Å². The number of benzene rings is 1. The Kier molecular flexibility index (Phi) is 4.70. The van der Waals surface area contributed by atoms with Crippen LogP contribution in [0.2, 0.25) is 0 Å². The number of methoxy groups -OCH3 is 1. The van der Waals surface area contributed by atoms with E-state index in [1.165, 1.54) is 19.2 Å². The number of aliphatic hydroxyl groups is 1. The molecule has 1 aromatic carbocycles. The first-order chi connectivity index (χ1) is 7.71. The van der Waals surface area contributed by atoms with Crippen LogP contribution in [0.4, 0.5) is 10.1 Å². The summed E-state index contributed by atoms with van der Waals surface area (Å²) in [6.45, 7) is 0.202. The Morgan fingerprint density at radius 1 is 1.62 bits per heavy atom. The maximum atomic E-state index is 13.2. The topological polar surface area (TPSA) is 65.3 Å². The molecule has 0 aliphatic carbocycles. The summed E-state index contributed by atoms with van der Waals surface area (Å²) in [5, 5.41) is 20.4. The molecule has 16 heavy (non-hydrogen) atoms. The molecule has 0 bridgehead atoms. The molecular weight excluding hydrogens is 211 g/mol. The van der Waals surface area contributed by atoms with Crippen molar-refractivity contribution in [1.82, 2.24) is 0 Å². The zero-order valence-electron chi connectivity index (χ0n) is 8.90. The van der Waals surface area contributed by atoms with Crippen molar-refractivity contribution in [2.45, 2.75) is 6.04 Å². The van der Waals surface area contributed by atoms with E-state index in [0.717, 1.165) is 0 Å². The van der Waals surface area contributed by atoms with Crippen LogP contribution >= 0.6 is 0 Å². The Morgan fingerprint density at radius 2 is 2.38 bits per heavy atom. The van der Waals surface area contributed by atoms with Crippen LogP contribution in [0, 0.1) is 17.1 Å². The van der Waals surface area contributed by atoms with Crippen LogP contribution in [0.3, 0.4) is 0 Å². The van der Waals surface area contributed by atoms with Gasteiger partial charge in [-0.3, -0.25) is 0 Å². The van der Waals surface area contributed by atoms with Crippen LogP contribution in [0.1, 0.15) is 5.56 Å². The average Bonchev–Trinajstić information content (AvgIpc) is 2.28. The minimum Gasteiger partial charge on any atom is -0.394 e. The molecule has 0 fully saturated rings. The Balaban J connectivity index is 2.74. The maximum absolute atomic E-state index is 13.2. The molecule has 2 N–H and O–H groups in total. The standard InChI is InChI=1S/C11H13FN2O2/c1-16-7-10(6-15)14-9-3-2-8(5-13)11(12)4-9/h2-4,10,14-15H,6-7H2,1H3. The van der Waals surface area contributed by atoms with Crippen molar-refractivity contribution in [2.24, 2.45) is 0 Å². The number of nitrogens with zero attached hydrogens (tertiary/aromatic N) is 1. The Labute approximate surface area is 93.3 Å². The van der Waals surface area contributed by atoms with Crippen LogP contribution < -0.4 is 5.32 Å². The van der Waals surface area contributed by atoms with Crippen LogP contribution in [-0.2, 0) is 4.74 Å². The average molecular weight is 224 g/mol. The van der Waals surface area contributed by atoms with Gasteiger partial charge in [0.15, 0.2) is 0 Å². The molecule has 0 amide bonds. The zero-order valence-corrected chi connectivity index (χ0v) is 8.90. The Hall–Kier alpha value is -1.64. The van der Waals surface area contributed by atoms with Gasteiger partial charge < -0.3 is 15.2 Å². The Morgan fingerprint density at radius 3 is 2.88 bits per heavy atom. The number of anilines is 1. The predicted molar refractivity (Wildman–Crippen MR) is 57.5 cm³/mol. The number of rotatable bonds is 5. The van der Waals surface area contributed by atoms with Crippen molar-refractivity contribution >= 4 is 5.69 Å². The molecule has 1 unspecified atom stereocenters. The molecule has 0 saturated heterocycles. The summed E-state index contributed by atoms with van der Waals surface area (Å²) in [7, 11) is 1.52. The van der Waals surface area contributed by atoms with E-state index < -0.39 is 5.82 Å². The fourth-order valence-corrected chi connectivity index (χ4v) is 1.27. The van der Waals surface area contributed by atoms with Gasteiger partial charge in [-0.1, -0.05) is 0 Å². The third kappa shape index (κ3) is 3.19. The number of nitrogens with one attached hydrogen (secondary N) is 1. The monoisotopic (exact) mass is 224 g/mol. The summed E-state index contributed by atoms with van der Waals surface area (Å²) in [6, 6.07) is 5.63. The molecule has 0 aromatic heterocycles. The summed E-state index contributed by atoms with van der Waals surface area (Å²) in [5.74, 6) is -0.582. The van der Waals surface area contributed by atoms with Gasteiger partial charge in [-0.2, -0.15) is 5.26 Å². The SMILES string of the molecule is COCC(CO)Nc1ccc(C#N)c(F)c1. The second-order valence-corrected chi connectivity index (χ2v) is 3.29. The summed E-state index contributed by atoms with van der Waals surface area (Å²) in [5.41, 5.74) is 0.505. The molecule has 0 radical (unpaired) electrons. The molecule has 5 heteroatoms.